The normalized spacial score (nSPS) is 12.2. The Hall–Kier alpha value is -1.95. The van der Waals surface area contributed by atoms with E-state index in [0.29, 0.717) is 10.9 Å². The Morgan fingerprint density at radius 3 is 2.67 bits per heavy atom. The summed E-state index contributed by atoms with van der Waals surface area (Å²) in [5.74, 6) is 0.681. The van der Waals surface area contributed by atoms with E-state index in [1.165, 1.54) is 11.8 Å². The van der Waals surface area contributed by atoms with Crippen molar-refractivity contribution in [2.24, 2.45) is 0 Å². The zero-order valence-electron chi connectivity index (χ0n) is 12.6. The van der Waals surface area contributed by atoms with Crippen molar-refractivity contribution in [3.8, 4) is 0 Å². The monoisotopic (exact) mass is 305 g/mol. The molecule has 3 N–H and O–H groups in total. The summed E-state index contributed by atoms with van der Waals surface area (Å²) in [7, 11) is 0. The molecule has 0 spiro atoms. The molecule has 0 saturated heterocycles. The second-order valence-electron chi connectivity index (χ2n) is 4.95. The van der Waals surface area contributed by atoms with Crippen LogP contribution in [0.4, 0.5) is 11.4 Å². The number of nitrogens with one attached hydrogen (secondary N) is 1. The Bertz CT molecular complexity index is 647. The van der Waals surface area contributed by atoms with Gasteiger partial charge in [-0.2, -0.15) is 0 Å². The third-order valence-corrected chi connectivity index (χ3v) is 4.11. The fourth-order valence-electron chi connectivity index (χ4n) is 1.76. The van der Waals surface area contributed by atoms with Crippen LogP contribution in [0.3, 0.4) is 0 Å². The number of rotatable bonds is 4. The van der Waals surface area contributed by atoms with Crippen LogP contribution < -0.4 is 11.1 Å². The third kappa shape index (κ3) is 3.78. The molecule has 1 amide bonds. The van der Waals surface area contributed by atoms with Crippen molar-refractivity contribution < 1.29 is 9.21 Å². The van der Waals surface area contributed by atoms with E-state index in [9.17, 15) is 4.79 Å². The van der Waals surface area contributed by atoms with Crippen LogP contribution in [-0.2, 0) is 4.79 Å². The van der Waals surface area contributed by atoms with E-state index in [-0.39, 0.29) is 11.2 Å². The lowest BCUT2D eigenvalue weighted by Crippen LogP contribution is -2.22. The topological polar surface area (TPSA) is 81.1 Å². The molecule has 5 nitrogen and oxygen atoms in total. The van der Waals surface area contributed by atoms with E-state index in [1.807, 2.05) is 33.8 Å². The van der Waals surface area contributed by atoms with Crippen molar-refractivity contribution in [1.29, 1.82) is 0 Å². The van der Waals surface area contributed by atoms with Crippen LogP contribution in [0.5, 0.6) is 0 Å². The molecule has 0 aliphatic rings. The molecule has 0 saturated carbocycles. The first kappa shape index (κ1) is 15.4. The number of nitrogens with two attached hydrogens (primary N) is 1. The number of amides is 1. The molecule has 6 heteroatoms. The van der Waals surface area contributed by atoms with Gasteiger partial charge in [-0.3, -0.25) is 4.79 Å². The number of hydrogen-bond acceptors (Lipinski definition) is 5. The lowest BCUT2D eigenvalue weighted by Gasteiger charge is -2.12. The molecule has 0 fully saturated rings. The molecule has 21 heavy (non-hydrogen) atoms. The fraction of sp³-hybridized carbons (Fsp3) is 0.333. The summed E-state index contributed by atoms with van der Waals surface area (Å²) < 4.78 is 5.48. The van der Waals surface area contributed by atoms with Gasteiger partial charge in [0.05, 0.1) is 10.9 Å². The van der Waals surface area contributed by atoms with E-state index in [1.54, 1.807) is 12.1 Å². The number of carbonyl (C=O) groups is 1. The summed E-state index contributed by atoms with van der Waals surface area (Å²) in [6.07, 6.45) is 0. The summed E-state index contributed by atoms with van der Waals surface area (Å²) in [5, 5.41) is 3.10. The van der Waals surface area contributed by atoms with E-state index in [4.69, 9.17) is 10.2 Å². The zero-order valence-corrected chi connectivity index (χ0v) is 13.4. The molecular formula is C15H19N3O2S. The predicted octanol–water partition coefficient (Wildman–Crippen LogP) is 3.30. The average molecular weight is 305 g/mol. The fourth-order valence-corrected chi connectivity index (χ4v) is 2.59. The minimum absolute atomic E-state index is 0.0959. The molecular weight excluding hydrogens is 286 g/mol. The second-order valence-corrected chi connectivity index (χ2v) is 6.24. The highest BCUT2D eigenvalue weighted by molar-refractivity contribution is 8.00. The number of carbonyl (C=O) groups excluding carboxylic acids is 1. The Morgan fingerprint density at radius 2 is 2.10 bits per heavy atom. The summed E-state index contributed by atoms with van der Waals surface area (Å²) in [6.45, 7) is 7.46. The molecule has 1 aromatic carbocycles. The number of anilines is 2. The number of hydrogen-bond donors (Lipinski definition) is 2. The van der Waals surface area contributed by atoms with E-state index in [2.05, 4.69) is 10.3 Å². The Balaban J connectivity index is 2.02. The molecule has 0 aliphatic heterocycles. The van der Waals surface area contributed by atoms with Gasteiger partial charge in [0.25, 0.3) is 5.22 Å². The van der Waals surface area contributed by atoms with Crippen molar-refractivity contribution >= 4 is 29.0 Å². The van der Waals surface area contributed by atoms with Gasteiger partial charge in [-0.15, -0.1) is 0 Å². The molecule has 0 radical (unpaired) electrons. The lowest BCUT2D eigenvalue weighted by atomic mass is 10.2. The third-order valence-electron chi connectivity index (χ3n) is 3.16. The maximum absolute atomic E-state index is 12.2. The Labute approximate surface area is 128 Å². The summed E-state index contributed by atoms with van der Waals surface area (Å²) in [6, 6.07) is 5.40. The number of nitrogen functional groups attached to an aromatic ring is 1. The van der Waals surface area contributed by atoms with E-state index < -0.39 is 0 Å². The standard InChI is InChI=1S/C15H19N3O2S/c1-8-7-12(16)5-6-13(8)18-14(19)11(4)21-15-17-9(2)10(3)20-15/h5-7,11H,16H2,1-4H3,(H,18,19). The first-order chi connectivity index (χ1) is 9.86. The van der Waals surface area contributed by atoms with Gasteiger partial charge in [-0.25, -0.2) is 4.98 Å². The minimum Gasteiger partial charge on any atom is -0.437 e. The number of oxazole rings is 1. The largest absolute Gasteiger partial charge is 0.437 e. The molecule has 2 rings (SSSR count). The van der Waals surface area contributed by atoms with Crippen LogP contribution in [-0.4, -0.2) is 16.1 Å². The molecule has 0 bridgehead atoms. The average Bonchev–Trinajstić information content (AvgIpc) is 2.71. The Kier molecular flexibility index (Phi) is 4.57. The van der Waals surface area contributed by atoms with Crippen LogP contribution in [0.1, 0.15) is 23.9 Å². The van der Waals surface area contributed by atoms with E-state index in [0.717, 1.165) is 22.7 Å². The highest BCUT2D eigenvalue weighted by Crippen LogP contribution is 2.26. The molecule has 1 heterocycles. The van der Waals surface area contributed by atoms with Crippen LogP contribution in [0, 0.1) is 20.8 Å². The van der Waals surface area contributed by atoms with Gasteiger partial charge in [-0.05, 0) is 51.5 Å². The summed E-state index contributed by atoms with van der Waals surface area (Å²) >= 11 is 1.30. The molecule has 1 atom stereocenters. The van der Waals surface area contributed by atoms with Crippen molar-refractivity contribution in [1.82, 2.24) is 4.98 Å². The minimum atomic E-state index is -0.306. The van der Waals surface area contributed by atoms with Crippen molar-refractivity contribution in [2.45, 2.75) is 38.2 Å². The molecule has 2 aromatic rings. The first-order valence-corrected chi connectivity index (χ1v) is 7.52. The predicted molar refractivity (Wildman–Crippen MR) is 85.5 cm³/mol. The van der Waals surface area contributed by atoms with E-state index >= 15 is 0 Å². The van der Waals surface area contributed by atoms with Crippen LogP contribution in [0.2, 0.25) is 0 Å². The Morgan fingerprint density at radius 1 is 1.38 bits per heavy atom. The second kappa shape index (κ2) is 6.22. The molecule has 112 valence electrons. The summed E-state index contributed by atoms with van der Waals surface area (Å²) in [4.78, 5) is 16.5. The van der Waals surface area contributed by atoms with Crippen LogP contribution in [0.15, 0.2) is 27.8 Å². The highest BCUT2D eigenvalue weighted by atomic mass is 32.2. The smallest absolute Gasteiger partial charge is 0.256 e. The lowest BCUT2D eigenvalue weighted by molar-refractivity contribution is -0.115. The van der Waals surface area contributed by atoms with Gasteiger partial charge >= 0.3 is 0 Å². The van der Waals surface area contributed by atoms with Gasteiger partial charge in [-0.1, -0.05) is 11.8 Å². The van der Waals surface area contributed by atoms with Crippen molar-refractivity contribution in [3.05, 3.63) is 35.2 Å². The van der Waals surface area contributed by atoms with Crippen LogP contribution >= 0.6 is 11.8 Å². The summed E-state index contributed by atoms with van der Waals surface area (Å²) in [5.41, 5.74) is 8.92. The van der Waals surface area contributed by atoms with Gasteiger partial charge in [0.2, 0.25) is 5.91 Å². The van der Waals surface area contributed by atoms with Crippen molar-refractivity contribution in [3.63, 3.8) is 0 Å². The maximum Gasteiger partial charge on any atom is 0.256 e. The van der Waals surface area contributed by atoms with Gasteiger partial charge in [0, 0.05) is 11.4 Å². The first-order valence-electron chi connectivity index (χ1n) is 6.64. The van der Waals surface area contributed by atoms with Gasteiger partial charge < -0.3 is 15.5 Å². The molecule has 1 unspecified atom stereocenters. The number of thioether (sulfide) groups is 1. The number of aromatic nitrogens is 1. The molecule has 0 aliphatic carbocycles. The number of nitrogens with zero attached hydrogens (tertiary/aromatic N) is 1. The maximum atomic E-state index is 12.2. The highest BCUT2D eigenvalue weighted by Gasteiger charge is 2.18. The van der Waals surface area contributed by atoms with Crippen molar-refractivity contribution in [2.75, 3.05) is 11.1 Å². The van der Waals surface area contributed by atoms with Gasteiger partial charge in [0.1, 0.15) is 5.76 Å². The number of aryl methyl sites for hydroxylation is 3. The molecule has 1 aromatic heterocycles. The zero-order chi connectivity index (χ0) is 15.6. The quantitative estimate of drug-likeness (QED) is 0.669. The van der Waals surface area contributed by atoms with Crippen LogP contribution in [0.25, 0.3) is 0 Å². The van der Waals surface area contributed by atoms with Gasteiger partial charge in [0.15, 0.2) is 0 Å². The SMILES string of the molecule is Cc1cc(N)ccc1NC(=O)C(C)Sc1nc(C)c(C)o1. The number of benzene rings is 1.